The lowest BCUT2D eigenvalue weighted by Crippen LogP contribution is -2.13. The number of nitrogens with zero attached hydrogens (tertiary/aromatic N) is 2. The maximum Gasteiger partial charge on any atom is 0.171 e. The molecule has 1 heterocycles. The molecule has 13 heavy (non-hydrogen) atoms. The summed E-state index contributed by atoms with van der Waals surface area (Å²) in [6.45, 7) is 1.87. The molecule has 0 atom stereocenters. The van der Waals surface area contributed by atoms with E-state index in [1.807, 2.05) is 6.92 Å². The molecule has 6 nitrogen and oxygen atoms in total. The summed E-state index contributed by atoms with van der Waals surface area (Å²) in [6.07, 6.45) is 1.56. The smallest absolute Gasteiger partial charge is 0.171 e. The monoisotopic (exact) mass is 184 g/mol. The topological polar surface area (TPSA) is 118 Å². The normalized spacial score (nSPS) is 10.2. The molecule has 0 aliphatic carbocycles. The van der Waals surface area contributed by atoms with Crippen LogP contribution in [0.5, 0.6) is 0 Å². The molecule has 1 aromatic heterocycles. The van der Waals surface area contributed by atoms with Crippen molar-refractivity contribution in [1.29, 1.82) is 0 Å². The molecular weight excluding hydrogens is 172 g/mol. The number of aryl methyl sites for hydroxylation is 1. The lowest BCUT2D eigenvalue weighted by molar-refractivity contribution is 0.311. The van der Waals surface area contributed by atoms with E-state index in [1.165, 1.54) is 0 Å². The molecule has 0 aromatic carbocycles. The van der Waals surface area contributed by atoms with E-state index in [9.17, 15) is 0 Å². The van der Waals surface area contributed by atoms with Crippen molar-refractivity contribution < 1.29 is 10.4 Å². The zero-order valence-electron chi connectivity index (χ0n) is 7.18. The van der Waals surface area contributed by atoms with Gasteiger partial charge in [-0.1, -0.05) is 5.16 Å². The molecule has 0 radical (unpaired) electrons. The number of pyridine rings is 1. The minimum atomic E-state index is 0.0810. The molecule has 0 saturated carbocycles. The van der Waals surface area contributed by atoms with Gasteiger partial charge in [-0.3, -0.25) is 4.98 Å². The SMILES string of the molecule is Cc1ccc(C(N)=NO)cn1.NO. The number of oxime groups is 1. The van der Waals surface area contributed by atoms with Gasteiger partial charge in [0.05, 0.1) is 0 Å². The van der Waals surface area contributed by atoms with Crippen molar-refractivity contribution in [2.75, 3.05) is 0 Å². The third-order valence-corrected chi connectivity index (χ3v) is 1.31. The van der Waals surface area contributed by atoms with E-state index in [0.29, 0.717) is 5.56 Å². The average Bonchev–Trinajstić information content (AvgIpc) is 2.21. The molecule has 0 amide bonds. The first-order chi connectivity index (χ1) is 6.24. The van der Waals surface area contributed by atoms with Crippen molar-refractivity contribution in [2.45, 2.75) is 6.92 Å². The maximum absolute atomic E-state index is 8.29. The van der Waals surface area contributed by atoms with Gasteiger partial charge in [-0.05, 0) is 19.1 Å². The molecular formula is C7H12N4O2. The highest BCUT2D eigenvalue weighted by Crippen LogP contribution is 1.97. The van der Waals surface area contributed by atoms with Gasteiger partial charge in [0.15, 0.2) is 5.84 Å². The van der Waals surface area contributed by atoms with Crippen LogP contribution < -0.4 is 11.6 Å². The number of rotatable bonds is 1. The molecule has 72 valence electrons. The summed E-state index contributed by atoms with van der Waals surface area (Å²) in [5.74, 6) is 3.58. The number of amidine groups is 1. The summed E-state index contributed by atoms with van der Waals surface area (Å²) in [4.78, 5) is 3.98. The van der Waals surface area contributed by atoms with Crippen molar-refractivity contribution in [1.82, 2.24) is 4.98 Å². The van der Waals surface area contributed by atoms with Gasteiger partial charge in [-0.15, -0.1) is 0 Å². The summed E-state index contributed by atoms with van der Waals surface area (Å²) in [6, 6.07) is 3.55. The van der Waals surface area contributed by atoms with Crippen LogP contribution in [0, 0.1) is 6.92 Å². The molecule has 0 aliphatic heterocycles. The van der Waals surface area contributed by atoms with E-state index < -0.39 is 0 Å². The van der Waals surface area contributed by atoms with Gasteiger partial charge in [0.1, 0.15) is 0 Å². The standard InChI is InChI=1S/C7H9N3O.H3NO/c1-5-2-3-6(4-9-5)7(8)10-11;1-2/h2-4,11H,1H3,(H2,8,10);2H,1H2. The fraction of sp³-hybridized carbons (Fsp3) is 0.143. The predicted octanol–water partition coefficient (Wildman–Crippen LogP) is -0.181. The van der Waals surface area contributed by atoms with Gasteiger partial charge in [-0.25, -0.2) is 5.90 Å². The fourth-order valence-corrected chi connectivity index (χ4v) is 0.677. The molecule has 1 aromatic rings. The Hall–Kier alpha value is -1.66. The molecule has 0 spiro atoms. The Morgan fingerprint density at radius 3 is 2.46 bits per heavy atom. The van der Waals surface area contributed by atoms with Crippen LogP contribution in [0.3, 0.4) is 0 Å². The summed E-state index contributed by atoms with van der Waals surface area (Å²) >= 11 is 0. The van der Waals surface area contributed by atoms with Crippen LogP contribution in [-0.2, 0) is 0 Å². The van der Waals surface area contributed by atoms with E-state index >= 15 is 0 Å². The first kappa shape index (κ1) is 11.3. The quantitative estimate of drug-likeness (QED) is 0.209. The lowest BCUT2D eigenvalue weighted by atomic mass is 10.2. The highest BCUT2D eigenvalue weighted by Gasteiger charge is 1.96. The number of hydrogen-bond donors (Lipinski definition) is 4. The highest BCUT2D eigenvalue weighted by molar-refractivity contribution is 5.96. The van der Waals surface area contributed by atoms with Crippen molar-refractivity contribution in [2.24, 2.45) is 16.8 Å². The minimum absolute atomic E-state index is 0.0810. The van der Waals surface area contributed by atoms with E-state index in [0.717, 1.165) is 5.69 Å². The van der Waals surface area contributed by atoms with E-state index in [4.69, 9.17) is 16.1 Å². The molecule has 1 rings (SSSR count). The molecule has 0 bridgehead atoms. The van der Waals surface area contributed by atoms with E-state index in [-0.39, 0.29) is 5.84 Å². The highest BCUT2D eigenvalue weighted by atomic mass is 16.4. The Kier molecular flexibility index (Phi) is 5.17. The second kappa shape index (κ2) is 5.92. The van der Waals surface area contributed by atoms with Gasteiger partial charge in [0.25, 0.3) is 0 Å². The Morgan fingerprint density at radius 1 is 1.46 bits per heavy atom. The summed E-state index contributed by atoms with van der Waals surface area (Å²) < 4.78 is 0. The second-order valence-electron chi connectivity index (χ2n) is 2.17. The predicted molar refractivity (Wildman–Crippen MR) is 47.5 cm³/mol. The van der Waals surface area contributed by atoms with Crippen LogP contribution in [-0.4, -0.2) is 21.2 Å². The summed E-state index contributed by atoms with van der Waals surface area (Å²) in [5, 5.41) is 17.6. The van der Waals surface area contributed by atoms with Crippen molar-refractivity contribution in [3.63, 3.8) is 0 Å². The number of nitrogens with two attached hydrogens (primary N) is 2. The van der Waals surface area contributed by atoms with Crippen LogP contribution in [0.4, 0.5) is 0 Å². The number of aromatic nitrogens is 1. The molecule has 0 fully saturated rings. The largest absolute Gasteiger partial charge is 0.409 e. The Morgan fingerprint density at radius 2 is 2.08 bits per heavy atom. The van der Waals surface area contributed by atoms with Crippen LogP contribution >= 0.6 is 0 Å². The fourth-order valence-electron chi connectivity index (χ4n) is 0.677. The summed E-state index contributed by atoms with van der Waals surface area (Å²) in [5.41, 5.74) is 6.83. The molecule has 0 saturated heterocycles. The third-order valence-electron chi connectivity index (χ3n) is 1.31. The summed E-state index contributed by atoms with van der Waals surface area (Å²) in [7, 11) is 0. The molecule has 0 unspecified atom stereocenters. The zero-order valence-corrected chi connectivity index (χ0v) is 7.18. The average molecular weight is 184 g/mol. The molecule has 6 N–H and O–H groups in total. The van der Waals surface area contributed by atoms with Gasteiger partial charge in [0, 0.05) is 17.5 Å². The lowest BCUT2D eigenvalue weighted by Gasteiger charge is -1.96. The van der Waals surface area contributed by atoms with Gasteiger partial charge >= 0.3 is 0 Å². The van der Waals surface area contributed by atoms with Crippen molar-refractivity contribution in [3.8, 4) is 0 Å². The van der Waals surface area contributed by atoms with Crippen molar-refractivity contribution >= 4 is 5.84 Å². The van der Waals surface area contributed by atoms with Crippen LogP contribution in [0.2, 0.25) is 0 Å². The van der Waals surface area contributed by atoms with Gasteiger partial charge in [0.2, 0.25) is 0 Å². The van der Waals surface area contributed by atoms with Gasteiger partial charge < -0.3 is 16.1 Å². The molecule has 0 aliphatic rings. The van der Waals surface area contributed by atoms with E-state index in [1.54, 1.807) is 18.3 Å². The van der Waals surface area contributed by atoms with Crippen LogP contribution in [0.1, 0.15) is 11.3 Å². The molecule has 6 heteroatoms. The number of hydrogen-bond acceptors (Lipinski definition) is 5. The Balaban J connectivity index is 0.000000671. The third kappa shape index (κ3) is 3.50. The van der Waals surface area contributed by atoms with E-state index in [2.05, 4.69) is 16.0 Å². The maximum atomic E-state index is 8.29. The van der Waals surface area contributed by atoms with Crippen LogP contribution in [0.25, 0.3) is 0 Å². The first-order valence-corrected chi connectivity index (χ1v) is 3.40. The van der Waals surface area contributed by atoms with Gasteiger partial charge in [-0.2, -0.15) is 0 Å². The Bertz CT molecular complexity index is 270. The van der Waals surface area contributed by atoms with Crippen molar-refractivity contribution in [3.05, 3.63) is 29.6 Å². The Labute approximate surface area is 75.5 Å². The zero-order chi connectivity index (χ0) is 10.3. The first-order valence-electron chi connectivity index (χ1n) is 3.40. The minimum Gasteiger partial charge on any atom is -0.409 e. The van der Waals surface area contributed by atoms with Crippen LogP contribution in [0.15, 0.2) is 23.5 Å². The second-order valence-corrected chi connectivity index (χ2v) is 2.17.